The summed E-state index contributed by atoms with van der Waals surface area (Å²) >= 11 is 0. The fraction of sp³-hybridized carbons (Fsp3) is 0.0870. The predicted molar refractivity (Wildman–Crippen MR) is 107 cm³/mol. The third kappa shape index (κ3) is 4.83. The van der Waals surface area contributed by atoms with E-state index in [9.17, 15) is 9.59 Å². The van der Waals surface area contributed by atoms with Gasteiger partial charge >= 0.3 is 5.97 Å². The number of nitrogens with one attached hydrogen (secondary N) is 1. The van der Waals surface area contributed by atoms with Crippen molar-refractivity contribution in [3.8, 4) is 11.8 Å². The fourth-order valence-corrected chi connectivity index (χ4v) is 2.55. The zero-order chi connectivity index (χ0) is 19.9. The highest BCUT2D eigenvalue weighted by Crippen LogP contribution is 2.13. The molecule has 3 aromatic rings. The Labute approximate surface area is 163 Å². The average Bonchev–Trinajstić information content (AvgIpc) is 2.72. The van der Waals surface area contributed by atoms with Crippen LogP contribution in [0.3, 0.4) is 0 Å². The number of hydrogen-bond acceptors (Lipinski definition) is 4. The van der Waals surface area contributed by atoms with Gasteiger partial charge in [-0.3, -0.25) is 9.78 Å². The number of methoxy groups -OCH3 is 1. The second kappa shape index (κ2) is 8.65. The normalized spacial score (nSPS) is 9.79. The van der Waals surface area contributed by atoms with Gasteiger partial charge in [0.05, 0.1) is 12.7 Å². The monoisotopic (exact) mass is 370 g/mol. The molecule has 1 heterocycles. The van der Waals surface area contributed by atoms with E-state index in [-0.39, 0.29) is 5.91 Å². The molecule has 1 aromatic heterocycles. The van der Waals surface area contributed by atoms with E-state index in [4.69, 9.17) is 0 Å². The number of aromatic nitrogens is 1. The standard InChI is InChI=1S/C23H18N2O3/c1-16-5-3-7-19(11-16)22(26)25-21-8-4-6-17(13-21)9-10-18-12-20(15-24-14-18)23(27)28-2/h3-8,11-15H,1-2H3,(H,25,26). The van der Waals surface area contributed by atoms with Gasteiger partial charge in [0, 0.05) is 34.8 Å². The molecule has 0 spiro atoms. The highest BCUT2D eigenvalue weighted by atomic mass is 16.5. The van der Waals surface area contributed by atoms with Gasteiger partial charge in [-0.15, -0.1) is 0 Å². The summed E-state index contributed by atoms with van der Waals surface area (Å²) in [6, 6.07) is 16.3. The molecule has 0 aliphatic heterocycles. The number of anilines is 1. The minimum absolute atomic E-state index is 0.177. The van der Waals surface area contributed by atoms with Gasteiger partial charge in [-0.1, -0.05) is 35.6 Å². The minimum atomic E-state index is -0.461. The molecule has 0 bridgehead atoms. The van der Waals surface area contributed by atoms with Crippen molar-refractivity contribution in [1.29, 1.82) is 0 Å². The Kier molecular flexibility index (Phi) is 5.83. The van der Waals surface area contributed by atoms with E-state index >= 15 is 0 Å². The van der Waals surface area contributed by atoms with Crippen LogP contribution in [0.25, 0.3) is 0 Å². The van der Waals surface area contributed by atoms with E-state index in [1.54, 1.807) is 30.5 Å². The molecule has 1 amide bonds. The number of rotatable bonds is 3. The lowest BCUT2D eigenvalue weighted by Gasteiger charge is -2.06. The summed E-state index contributed by atoms with van der Waals surface area (Å²) in [7, 11) is 1.32. The second-order valence-electron chi connectivity index (χ2n) is 6.11. The Hall–Kier alpha value is -3.91. The molecule has 2 aromatic carbocycles. The van der Waals surface area contributed by atoms with Gasteiger partial charge in [-0.05, 0) is 43.3 Å². The SMILES string of the molecule is COC(=O)c1cncc(C#Cc2cccc(NC(=O)c3cccc(C)c3)c2)c1. The van der Waals surface area contributed by atoms with Gasteiger partial charge < -0.3 is 10.1 Å². The molecule has 0 saturated carbocycles. The third-order valence-corrected chi connectivity index (χ3v) is 3.91. The summed E-state index contributed by atoms with van der Waals surface area (Å²) in [5, 5.41) is 2.88. The molecule has 0 atom stereocenters. The van der Waals surface area contributed by atoms with Crippen LogP contribution < -0.4 is 5.32 Å². The molecule has 0 radical (unpaired) electrons. The number of amides is 1. The molecule has 28 heavy (non-hydrogen) atoms. The summed E-state index contributed by atoms with van der Waals surface area (Å²) in [4.78, 5) is 28.0. The maximum absolute atomic E-state index is 12.4. The van der Waals surface area contributed by atoms with Crippen molar-refractivity contribution >= 4 is 17.6 Å². The predicted octanol–water partition coefficient (Wildman–Crippen LogP) is 3.83. The van der Waals surface area contributed by atoms with Crippen LogP contribution in [0.5, 0.6) is 0 Å². The lowest BCUT2D eigenvalue weighted by atomic mass is 10.1. The molecular weight excluding hydrogens is 352 g/mol. The largest absolute Gasteiger partial charge is 0.465 e. The van der Waals surface area contributed by atoms with Crippen LogP contribution >= 0.6 is 0 Å². The van der Waals surface area contributed by atoms with Crippen molar-refractivity contribution < 1.29 is 14.3 Å². The molecule has 0 unspecified atom stereocenters. The van der Waals surface area contributed by atoms with Gasteiger partial charge in [-0.2, -0.15) is 0 Å². The van der Waals surface area contributed by atoms with E-state index in [0.29, 0.717) is 22.4 Å². The average molecular weight is 370 g/mol. The van der Waals surface area contributed by atoms with Crippen LogP contribution in [-0.4, -0.2) is 24.0 Å². The number of nitrogens with zero attached hydrogens (tertiary/aromatic N) is 1. The Morgan fingerprint density at radius 2 is 1.71 bits per heavy atom. The Bertz CT molecular complexity index is 1090. The quantitative estimate of drug-likeness (QED) is 0.562. The van der Waals surface area contributed by atoms with E-state index in [2.05, 4.69) is 26.9 Å². The molecule has 3 rings (SSSR count). The second-order valence-corrected chi connectivity index (χ2v) is 6.11. The van der Waals surface area contributed by atoms with Crippen LogP contribution in [-0.2, 0) is 4.74 Å². The number of carbonyl (C=O) groups excluding carboxylic acids is 2. The topological polar surface area (TPSA) is 68.3 Å². The molecule has 0 saturated heterocycles. The lowest BCUT2D eigenvalue weighted by Crippen LogP contribution is -2.11. The number of benzene rings is 2. The van der Waals surface area contributed by atoms with Gasteiger partial charge in [-0.25, -0.2) is 4.79 Å². The third-order valence-electron chi connectivity index (χ3n) is 3.91. The maximum Gasteiger partial charge on any atom is 0.339 e. The van der Waals surface area contributed by atoms with Crippen molar-refractivity contribution in [2.24, 2.45) is 0 Å². The summed E-state index contributed by atoms with van der Waals surface area (Å²) in [5.41, 5.74) is 3.94. The van der Waals surface area contributed by atoms with Crippen molar-refractivity contribution in [1.82, 2.24) is 4.98 Å². The molecule has 138 valence electrons. The first-order valence-electron chi connectivity index (χ1n) is 8.58. The van der Waals surface area contributed by atoms with Crippen LogP contribution in [0.1, 0.15) is 37.4 Å². The molecular formula is C23H18N2O3. The number of esters is 1. The Balaban J connectivity index is 1.77. The summed E-state index contributed by atoms with van der Waals surface area (Å²) in [6.45, 7) is 1.94. The number of aryl methyl sites for hydroxylation is 1. The van der Waals surface area contributed by atoms with Crippen LogP contribution in [0, 0.1) is 18.8 Å². The van der Waals surface area contributed by atoms with Crippen LogP contribution in [0.15, 0.2) is 67.0 Å². The first-order chi connectivity index (χ1) is 13.5. The Morgan fingerprint density at radius 1 is 0.929 bits per heavy atom. The fourth-order valence-electron chi connectivity index (χ4n) is 2.55. The molecule has 5 nitrogen and oxygen atoms in total. The number of carbonyl (C=O) groups is 2. The first-order valence-corrected chi connectivity index (χ1v) is 8.58. The lowest BCUT2D eigenvalue weighted by molar-refractivity contribution is 0.0600. The van der Waals surface area contributed by atoms with Gasteiger partial charge in [0.1, 0.15) is 0 Å². The van der Waals surface area contributed by atoms with Crippen molar-refractivity contribution in [2.45, 2.75) is 6.92 Å². The molecule has 1 N–H and O–H groups in total. The van der Waals surface area contributed by atoms with Gasteiger partial charge in [0.15, 0.2) is 0 Å². The zero-order valence-electron chi connectivity index (χ0n) is 15.5. The van der Waals surface area contributed by atoms with E-state index < -0.39 is 5.97 Å². The maximum atomic E-state index is 12.4. The van der Waals surface area contributed by atoms with Crippen LogP contribution in [0.2, 0.25) is 0 Å². The summed E-state index contributed by atoms with van der Waals surface area (Å²) in [6.07, 6.45) is 3.00. The van der Waals surface area contributed by atoms with Crippen LogP contribution in [0.4, 0.5) is 5.69 Å². The molecule has 0 fully saturated rings. The number of ether oxygens (including phenoxy) is 1. The van der Waals surface area contributed by atoms with E-state index in [1.165, 1.54) is 13.3 Å². The summed E-state index contributed by atoms with van der Waals surface area (Å²) < 4.78 is 4.68. The minimum Gasteiger partial charge on any atom is -0.465 e. The van der Waals surface area contributed by atoms with Gasteiger partial charge in [0.25, 0.3) is 5.91 Å². The highest BCUT2D eigenvalue weighted by molar-refractivity contribution is 6.04. The van der Waals surface area contributed by atoms with E-state index in [0.717, 1.165) is 11.1 Å². The zero-order valence-corrected chi connectivity index (χ0v) is 15.5. The van der Waals surface area contributed by atoms with E-state index in [1.807, 2.05) is 37.3 Å². The number of hydrogen-bond donors (Lipinski definition) is 1. The highest BCUT2D eigenvalue weighted by Gasteiger charge is 2.07. The molecule has 0 aliphatic rings. The van der Waals surface area contributed by atoms with Gasteiger partial charge in [0.2, 0.25) is 0 Å². The van der Waals surface area contributed by atoms with Crippen molar-refractivity contribution in [3.05, 3.63) is 94.8 Å². The molecule has 5 heteroatoms. The molecule has 0 aliphatic carbocycles. The smallest absolute Gasteiger partial charge is 0.339 e. The number of pyridine rings is 1. The Morgan fingerprint density at radius 3 is 2.50 bits per heavy atom. The van der Waals surface area contributed by atoms with Crippen molar-refractivity contribution in [2.75, 3.05) is 12.4 Å². The first kappa shape index (κ1) is 18.9. The summed E-state index contributed by atoms with van der Waals surface area (Å²) in [5.74, 6) is 5.34. The van der Waals surface area contributed by atoms with Crippen molar-refractivity contribution in [3.63, 3.8) is 0 Å².